The van der Waals surface area contributed by atoms with Crippen LogP contribution in [0.1, 0.15) is 18.9 Å². The maximum atomic E-state index is 6.25. The second-order valence-corrected chi connectivity index (χ2v) is 9.21. The lowest BCUT2D eigenvalue weighted by Gasteiger charge is -2.28. The molecule has 1 saturated heterocycles. The van der Waals surface area contributed by atoms with Gasteiger partial charge < -0.3 is 15.1 Å². The van der Waals surface area contributed by atoms with Gasteiger partial charge in [-0.05, 0) is 61.9 Å². The standard InChI is InChI=1S/C24H23N5OS/c1-28-8-5-17(6-9-28)29-14-16(12-27-29)20-13-26-24(25)22-19(20)11-21(30-22)18-4-2-3-15-7-10-31-23(15)18/h2-4,7,10-14,17H,5-6,8-9H2,1H3,(H2,25,26). The minimum absolute atomic E-state index is 0.408. The number of rotatable bonds is 3. The van der Waals surface area contributed by atoms with Crippen LogP contribution >= 0.6 is 11.3 Å². The number of benzene rings is 1. The van der Waals surface area contributed by atoms with Gasteiger partial charge in [-0.2, -0.15) is 5.10 Å². The summed E-state index contributed by atoms with van der Waals surface area (Å²) in [5, 5.41) is 8.97. The average Bonchev–Trinajstić information content (AvgIpc) is 3.53. The molecule has 4 aromatic heterocycles. The minimum atomic E-state index is 0.408. The molecule has 1 aliphatic heterocycles. The van der Waals surface area contributed by atoms with Gasteiger partial charge in [-0.3, -0.25) is 4.68 Å². The third-order valence-corrected chi connectivity index (χ3v) is 7.27. The van der Waals surface area contributed by atoms with Crippen molar-refractivity contribution in [3.05, 3.63) is 54.3 Å². The zero-order chi connectivity index (χ0) is 20.9. The van der Waals surface area contributed by atoms with Gasteiger partial charge in [-0.1, -0.05) is 12.1 Å². The van der Waals surface area contributed by atoms with Gasteiger partial charge in [-0.15, -0.1) is 11.3 Å². The van der Waals surface area contributed by atoms with Crippen LogP contribution in [0.5, 0.6) is 0 Å². The molecule has 0 aliphatic carbocycles. The summed E-state index contributed by atoms with van der Waals surface area (Å²) < 4.78 is 9.57. The number of nitrogen functional groups attached to an aromatic ring is 1. The highest BCUT2D eigenvalue weighted by Crippen LogP contribution is 2.40. The van der Waals surface area contributed by atoms with Crippen molar-refractivity contribution in [3.63, 3.8) is 0 Å². The Kier molecular flexibility index (Phi) is 4.33. The molecule has 5 heterocycles. The Balaban J connectivity index is 1.44. The van der Waals surface area contributed by atoms with E-state index in [-0.39, 0.29) is 0 Å². The highest BCUT2D eigenvalue weighted by atomic mass is 32.1. The Morgan fingerprint density at radius 2 is 2.00 bits per heavy atom. The number of nitrogens with zero attached hydrogens (tertiary/aromatic N) is 4. The predicted molar refractivity (Wildman–Crippen MR) is 126 cm³/mol. The SMILES string of the molecule is CN1CCC(n2cc(-c3cnc(N)c4oc(-c5cccc6ccsc56)cc34)cn2)CC1. The number of furan rings is 1. The molecular weight excluding hydrogens is 406 g/mol. The molecule has 0 atom stereocenters. The molecule has 0 bridgehead atoms. The highest BCUT2D eigenvalue weighted by Gasteiger charge is 2.21. The second kappa shape index (κ2) is 7.21. The number of aromatic nitrogens is 3. The molecule has 0 spiro atoms. The fourth-order valence-corrected chi connectivity index (χ4v) is 5.45. The van der Waals surface area contributed by atoms with Gasteiger partial charge in [-0.25, -0.2) is 4.98 Å². The Morgan fingerprint density at radius 3 is 2.87 bits per heavy atom. The molecule has 0 unspecified atom stereocenters. The van der Waals surface area contributed by atoms with E-state index in [9.17, 15) is 0 Å². The Morgan fingerprint density at radius 1 is 1.13 bits per heavy atom. The van der Waals surface area contributed by atoms with Crippen LogP contribution in [0.2, 0.25) is 0 Å². The summed E-state index contributed by atoms with van der Waals surface area (Å²) in [5.41, 5.74) is 9.94. The first kappa shape index (κ1) is 18.6. The molecule has 1 aliphatic rings. The van der Waals surface area contributed by atoms with Crippen molar-refractivity contribution in [2.45, 2.75) is 18.9 Å². The number of hydrogen-bond donors (Lipinski definition) is 1. The van der Waals surface area contributed by atoms with E-state index in [2.05, 4.69) is 68.6 Å². The Labute approximate surface area is 183 Å². The highest BCUT2D eigenvalue weighted by molar-refractivity contribution is 7.17. The normalized spacial score (nSPS) is 15.9. The third-order valence-electron chi connectivity index (χ3n) is 6.31. The van der Waals surface area contributed by atoms with Crippen LogP contribution in [0, 0.1) is 0 Å². The van der Waals surface area contributed by atoms with Gasteiger partial charge in [0.2, 0.25) is 0 Å². The topological polar surface area (TPSA) is 73.1 Å². The van der Waals surface area contributed by atoms with Crippen molar-refractivity contribution >= 4 is 38.2 Å². The molecule has 31 heavy (non-hydrogen) atoms. The number of thiophene rings is 1. The number of pyridine rings is 1. The number of hydrogen-bond acceptors (Lipinski definition) is 6. The summed E-state index contributed by atoms with van der Waals surface area (Å²) in [7, 11) is 2.18. The van der Waals surface area contributed by atoms with Crippen molar-refractivity contribution in [1.29, 1.82) is 0 Å². The molecule has 0 radical (unpaired) electrons. The summed E-state index contributed by atoms with van der Waals surface area (Å²) in [6, 6.07) is 10.9. The first-order chi connectivity index (χ1) is 15.2. The number of piperidine rings is 1. The summed E-state index contributed by atoms with van der Waals surface area (Å²) >= 11 is 1.72. The fourth-order valence-electron chi connectivity index (χ4n) is 4.53. The average molecular weight is 430 g/mol. The quantitative estimate of drug-likeness (QED) is 0.414. The van der Waals surface area contributed by atoms with Gasteiger partial charge in [0, 0.05) is 39.2 Å². The number of nitrogens with two attached hydrogens (primary N) is 1. The Hall–Kier alpha value is -3.16. The molecule has 0 saturated carbocycles. The van der Waals surface area contributed by atoms with Crippen molar-refractivity contribution in [1.82, 2.24) is 19.7 Å². The van der Waals surface area contributed by atoms with Crippen molar-refractivity contribution in [3.8, 4) is 22.5 Å². The lowest BCUT2D eigenvalue weighted by atomic mass is 10.0. The summed E-state index contributed by atoms with van der Waals surface area (Å²) in [5.74, 6) is 1.22. The van der Waals surface area contributed by atoms with E-state index in [4.69, 9.17) is 10.2 Å². The van der Waals surface area contributed by atoms with E-state index in [1.54, 1.807) is 11.3 Å². The monoisotopic (exact) mass is 429 g/mol. The van der Waals surface area contributed by atoms with Gasteiger partial charge in [0.25, 0.3) is 0 Å². The molecule has 2 N–H and O–H groups in total. The van der Waals surface area contributed by atoms with Gasteiger partial charge in [0.15, 0.2) is 11.4 Å². The van der Waals surface area contributed by atoms with E-state index in [0.717, 1.165) is 53.8 Å². The lowest BCUT2D eigenvalue weighted by Crippen LogP contribution is -2.31. The van der Waals surface area contributed by atoms with E-state index in [1.807, 2.05) is 12.4 Å². The zero-order valence-corrected chi connectivity index (χ0v) is 18.1. The molecule has 5 aromatic rings. The number of anilines is 1. The molecule has 0 amide bonds. The molecular formula is C24H23N5OS. The largest absolute Gasteiger partial charge is 0.452 e. The van der Waals surface area contributed by atoms with Gasteiger partial charge >= 0.3 is 0 Å². The molecule has 156 valence electrons. The fraction of sp³-hybridized carbons (Fsp3) is 0.250. The molecule has 6 rings (SSSR count). The molecule has 6 nitrogen and oxygen atoms in total. The van der Waals surface area contributed by atoms with Crippen LogP contribution in [0.3, 0.4) is 0 Å². The van der Waals surface area contributed by atoms with Crippen LogP contribution in [-0.2, 0) is 0 Å². The zero-order valence-electron chi connectivity index (χ0n) is 17.3. The molecule has 7 heteroatoms. The predicted octanol–water partition coefficient (Wildman–Crippen LogP) is 5.42. The Bertz CT molecular complexity index is 1390. The first-order valence-corrected chi connectivity index (χ1v) is 11.4. The van der Waals surface area contributed by atoms with Crippen LogP contribution < -0.4 is 5.73 Å². The van der Waals surface area contributed by atoms with Gasteiger partial charge in [0.1, 0.15) is 5.76 Å². The number of likely N-dealkylation sites (tertiary alicyclic amines) is 1. The maximum Gasteiger partial charge on any atom is 0.177 e. The van der Waals surface area contributed by atoms with Crippen molar-refractivity contribution < 1.29 is 4.42 Å². The maximum absolute atomic E-state index is 6.25. The van der Waals surface area contributed by atoms with E-state index < -0.39 is 0 Å². The second-order valence-electron chi connectivity index (χ2n) is 8.30. The number of fused-ring (bicyclic) bond motifs is 2. The lowest BCUT2D eigenvalue weighted by molar-refractivity contribution is 0.212. The summed E-state index contributed by atoms with van der Waals surface area (Å²) in [6.45, 7) is 2.21. The smallest absolute Gasteiger partial charge is 0.177 e. The summed E-state index contributed by atoms with van der Waals surface area (Å²) in [6.07, 6.45) is 8.13. The van der Waals surface area contributed by atoms with Crippen LogP contribution in [0.25, 0.3) is 43.5 Å². The van der Waals surface area contributed by atoms with E-state index >= 15 is 0 Å². The van der Waals surface area contributed by atoms with Crippen LogP contribution in [0.15, 0.2) is 58.7 Å². The van der Waals surface area contributed by atoms with E-state index in [0.29, 0.717) is 17.4 Å². The van der Waals surface area contributed by atoms with Crippen molar-refractivity contribution in [2.24, 2.45) is 0 Å². The minimum Gasteiger partial charge on any atom is -0.452 e. The summed E-state index contributed by atoms with van der Waals surface area (Å²) in [4.78, 5) is 6.79. The third kappa shape index (κ3) is 3.12. The van der Waals surface area contributed by atoms with E-state index in [1.165, 1.54) is 10.1 Å². The first-order valence-electron chi connectivity index (χ1n) is 10.5. The molecule has 1 aromatic carbocycles. The van der Waals surface area contributed by atoms with Crippen LogP contribution in [0.4, 0.5) is 5.82 Å². The molecule has 1 fully saturated rings. The van der Waals surface area contributed by atoms with Crippen molar-refractivity contribution in [2.75, 3.05) is 25.9 Å². The van der Waals surface area contributed by atoms with Crippen LogP contribution in [-0.4, -0.2) is 39.8 Å². The van der Waals surface area contributed by atoms with Gasteiger partial charge in [0.05, 0.1) is 12.2 Å².